The zero-order chi connectivity index (χ0) is 36.8. The molecule has 271 valence electrons. The van der Waals surface area contributed by atoms with Gasteiger partial charge in [-0.2, -0.15) is 0 Å². The Morgan fingerprint density at radius 1 is 0.489 bits per heavy atom. The summed E-state index contributed by atoms with van der Waals surface area (Å²) in [5.74, 6) is 2.00. The molecule has 0 aliphatic heterocycles. The van der Waals surface area contributed by atoms with Crippen LogP contribution in [0.25, 0.3) is 16.0 Å². The van der Waals surface area contributed by atoms with Crippen molar-refractivity contribution in [2.45, 2.75) is 178 Å². The van der Waals surface area contributed by atoms with Crippen LogP contribution in [0.3, 0.4) is 0 Å². The van der Waals surface area contributed by atoms with Crippen LogP contribution >= 0.6 is 0 Å². The van der Waals surface area contributed by atoms with Crippen LogP contribution in [0.1, 0.15) is 69.2 Å². The molecule has 0 aliphatic carbocycles. The summed E-state index contributed by atoms with van der Waals surface area (Å²) < 4.78 is 5.19. The number of para-hydroxylation sites is 1. The van der Waals surface area contributed by atoms with E-state index < -0.39 is 32.9 Å². The SMILES string of the molecule is CC(C)N=C([N-]C(C)C)N([Si](C)(C)C)[Si](C)(C)C.CC(C)N=C([N-]C(C)C)N([Si](C)(C)C)[Si](C)(C)C.CC(C)[N-]c1ccccc1.[Ce+3]. The van der Waals surface area contributed by atoms with Crippen LogP contribution in [0.4, 0.5) is 5.69 Å². The van der Waals surface area contributed by atoms with Gasteiger partial charge in [0.25, 0.3) is 0 Å². The number of guanidine groups is 2. The normalized spacial score (nSPS) is 13.1. The average Bonchev–Trinajstić information content (AvgIpc) is 2.74. The van der Waals surface area contributed by atoms with Crippen LogP contribution in [0.15, 0.2) is 40.3 Å². The third-order valence-electron chi connectivity index (χ3n) is 5.74. The van der Waals surface area contributed by atoms with Crippen molar-refractivity contribution in [3.8, 4) is 0 Å². The van der Waals surface area contributed by atoms with Crippen LogP contribution in [-0.4, -0.2) is 83.5 Å². The molecular weight excluding hydrogens is 771 g/mol. The van der Waals surface area contributed by atoms with Gasteiger partial charge in [0, 0.05) is 11.9 Å². The second kappa shape index (κ2) is 22.6. The standard InChI is InChI=1S/2C13H32N3Si2.C9H12N.Ce/c2*1-11(2)14-13(15-12(3)4)16(17(5,6)7)18(8,9)10;1-8(2)10-9-6-4-3-5-7-9;/h2*11-12H,1-10H3;3-8H,1-2H3;/q3*-1;+3. The van der Waals surface area contributed by atoms with E-state index in [2.05, 4.69) is 162 Å². The predicted octanol–water partition coefficient (Wildman–Crippen LogP) is 12.1. The Bertz CT molecular complexity index is 932. The molecule has 7 nitrogen and oxygen atoms in total. The number of nitrogens with zero attached hydrogens (tertiary/aromatic N) is 7. The van der Waals surface area contributed by atoms with E-state index in [0.717, 1.165) is 17.6 Å². The summed E-state index contributed by atoms with van der Waals surface area (Å²) in [7, 11) is -5.79. The summed E-state index contributed by atoms with van der Waals surface area (Å²) in [6, 6.07) is 11.6. The molecule has 0 heterocycles. The summed E-state index contributed by atoms with van der Waals surface area (Å²) in [4.78, 5) is 9.59. The Morgan fingerprint density at radius 3 is 0.957 bits per heavy atom. The monoisotopic (exact) mass is 846 g/mol. The first-order valence-electron chi connectivity index (χ1n) is 17.4. The van der Waals surface area contributed by atoms with E-state index in [1.54, 1.807) is 0 Å². The van der Waals surface area contributed by atoms with E-state index in [0.29, 0.717) is 30.2 Å². The molecule has 0 N–H and O–H groups in total. The van der Waals surface area contributed by atoms with Crippen LogP contribution in [0.5, 0.6) is 0 Å². The molecule has 0 fully saturated rings. The number of rotatable bonds is 10. The van der Waals surface area contributed by atoms with Crippen LogP contribution in [-0.2, 0) is 0 Å². The average molecular weight is 848 g/mol. The van der Waals surface area contributed by atoms with Crippen molar-refractivity contribution in [3.63, 3.8) is 0 Å². The summed E-state index contributed by atoms with van der Waals surface area (Å²) in [6.07, 6.45) is 0. The van der Waals surface area contributed by atoms with Crippen molar-refractivity contribution in [1.29, 1.82) is 0 Å². The third kappa shape index (κ3) is 24.6. The zero-order valence-corrected chi connectivity index (χ0v) is 42.0. The molecule has 0 saturated heterocycles. The fourth-order valence-corrected chi connectivity index (χ4v) is 24.2. The summed E-state index contributed by atoms with van der Waals surface area (Å²) >= 11 is 0. The maximum Gasteiger partial charge on any atom is 3.00 e. The Labute approximate surface area is 332 Å². The molecule has 0 amide bonds. The van der Waals surface area contributed by atoms with Crippen LogP contribution < -0.4 is 0 Å². The van der Waals surface area contributed by atoms with E-state index >= 15 is 0 Å². The van der Waals surface area contributed by atoms with Gasteiger partial charge >= 0.3 is 41.7 Å². The zero-order valence-electron chi connectivity index (χ0n) is 34.9. The number of hydrogen-bond donors (Lipinski definition) is 0. The molecule has 0 saturated carbocycles. The maximum absolute atomic E-state index is 4.80. The molecule has 0 atom stereocenters. The van der Waals surface area contributed by atoms with Gasteiger partial charge in [-0.15, -0.1) is 11.7 Å². The Kier molecular flexibility index (Phi) is 24.6. The maximum atomic E-state index is 4.80. The van der Waals surface area contributed by atoms with Gasteiger partial charge in [0.05, 0.1) is 32.9 Å². The Balaban J connectivity index is -0.000000635. The van der Waals surface area contributed by atoms with Crippen molar-refractivity contribution in [2.24, 2.45) is 9.98 Å². The summed E-state index contributed by atoms with van der Waals surface area (Å²) in [6.45, 7) is 49.8. The number of aliphatic imine (C=N–C) groups is 2. The molecule has 12 heteroatoms. The largest absolute Gasteiger partial charge is 3.00 e. The first-order chi connectivity index (χ1) is 20.5. The van der Waals surface area contributed by atoms with Gasteiger partial charge in [-0.1, -0.05) is 178 Å². The molecule has 1 rings (SSSR count). The first kappa shape index (κ1) is 51.2. The predicted molar refractivity (Wildman–Crippen MR) is 224 cm³/mol. The minimum absolute atomic E-state index is 0. The van der Waals surface area contributed by atoms with Gasteiger partial charge in [0.1, 0.15) is 0 Å². The molecule has 0 bridgehead atoms. The summed E-state index contributed by atoms with van der Waals surface area (Å²) in [5.41, 5.74) is 1.07. The van der Waals surface area contributed by atoms with Crippen molar-refractivity contribution in [3.05, 3.63) is 46.3 Å². The van der Waals surface area contributed by atoms with E-state index in [-0.39, 0.29) is 41.7 Å². The van der Waals surface area contributed by atoms with Gasteiger partial charge in [-0.3, -0.25) is 0 Å². The second-order valence-corrected chi connectivity index (χ2v) is 37.5. The molecule has 1 aromatic carbocycles. The topological polar surface area (TPSA) is 73.5 Å². The molecule has 0 aromatic heterocycles. The van der Waals surface area contributed by atoms with Crippen molar-refractivity contribution in [1.82, 2.24) is 8.46 Å². The molecule has 47 heavy (non-hydrogen) atoms. The van der Waals surface area contributed by atoms with E-state index in [1.807, 2.05) is 30.3 Å². The van der Waals surface area contributed by atoms with Gasteiger partial charge in [0.2, 0.25) is 0 Å². The van der Waals surface area contributed by atoms with Crippen molar-refractivity contribution in [2.75, 3.05) is 0 Å². The first-order valence-corrected chi connectivity index (χ1v) is 31.2. The smallest absolute Gasteiger partial charge is 0.682 e. The quantitative estimate of drug-likeness (QED) is 0.134. The van der Waals surface area contributed by atoms with Crippen LogP contribution in [0.2, 0.25) is 78.6 Å². The molecule has 0 aliphatic rings. The van der Waals surface area contributed by atoms with Gasteiger partial charge < -0.3 is 34.4 Å². The van der Waals surface area contributed by atoms with Crippen LogP contribution in [0, 0.1) is 41.7 Å². The minimum atomic E-state index is -1.45. The second-order valence-electron chi connectivity index (χ2n) is 17.4. The Morgan fingerprint density at radius 2 is 0.766 bits per heavy atom. The minimum Gasteiger partial charge on any atom is -0.682 e. The van der Waals surface area contributed by atoms with Gasteiger partial charge in [0.15, 0.2) is 0 Å². The number of hydrogen-bond acceptors (Lipinski definition) is 2. The third-order valence-corrected chi connectivity index (χ3v) is 20.0. The van der Waals surface area contributed by atoms with Gasteiger partial charge in [-0.05, 0) is 24.2 Å². The number of benzene rings is 1. The van der Waals surface area contributed by atoms with Gasteiger partial charge in [-0.25, -0.2) is 0 Å². The van der Waals surface area contributed by atoms with E-state index in [4.69, 9.17) is 20.6 Å². The fourth-order valence-electron chi connectivity index (χ4n) is 5.25. The molecule has 0 spiro atoms. The fraction of sp³-hybridized carbons (Fsp3) is 0.771. The van der Waals surface area contributed by atoms with Crippen molar-refractivity contribution >= 4 is 50.5 Å². The molecular formula is C35H76CeN7Si4. The molecule has 1 aromatic rings. The summed E-state index contributed by atoms with van der Waals surface area (Å²) in [5, 5.41) is 14.0. The Hall–Kier alpha value is -0.196. The molecule has 1 radical (unpaired) electrons. The van der Waals surface area contributed by atoms with E-state index in [9.17, 15) is 0 Å². The van der Waals surface area contributed by atoms with Crippen molar-refractivity contribution < 1.29 is 41.7 Å². The van der Waals surface area contributed by atoms with E-state index in [1.165, 1.54) is 0 Å². The molecule has 0 unspecified atom stereocenters.